The second kappa shape index (κ2) is 3.90. The summed E-state index contributed by atoms with van der Waals surface area (Å²) in [6.07, 6.45) is 4.81. The molecule has 5 heteroatoms. The van der Waals surface area contributed by atoms with Crippen molar-refractivity contribution in [2.45, 2.75) is 32.1 Å². The highest BCUT2D eigenvalue weighted by atomic mass is 16.5. The van der Waals surface area contributed by atoms with Crippen LogP contribution < -0.4 is 5.32 Å². The molecule has 2 aliphatic rings. The monoisotopic (exact) mass is 208 g/mol. The Hall–Kier alpha value is -0.940. The van der Waals surface area contributed by atoms with Crippen molar-refractivity contribution in [3.05, 3.63) is 11.9 Å². The van der Waals surface area contributed by atoms with Gasteiger partial charge in [-0.25, -0.2) is 4.68 Å². The summed E-state index contributed by atoms with van der Waals surface area (Å²) >= 11 is 0. The van der Waals surface area contributed by atoms with Crippen LogP contribution in [0.5, 0.6) is 0 Å². The summed E-state index contributed by atoms with van der Waals surface area (Å²) in [7, 11) is 0. The minimum absolute atomic E-state index is 0.248. The summed E-state index contributed by atoms with van der Waals surface area (Å²) < 4.78 is 7.64. The van der Waals surface area contributed by atoms with Crippen molar-refractivity contribution < 1.29 is 4.74 Å². The van der Waals surface area contributed by atoms with Crippen LogP contribution in [0.25, 0.3) is 0 Å². The number of hydrogen-bond acceptors (Lipinski definition) is 4. The number of ether oxygens (including phenoxy) is 1. The van der Waals surface area contributed by atoms with Gasteiger partial charge < -0.3 is 10.1 Å². The van der Waals surface area contributed by atoms with E-state index in [9.17, 15) is 0 Å². The lowest BCUT2D eigenvalue weighted by Crippen LogP contribution is -2.37. The van der Waals surface area contributed by atoms with Crippen LogP contribution in [-0.2, 0) is 17.9 Å². The number of aromatic nitrogens is 3. The van der Waals surface area contributed by atoms with Crippen LogP contribution in [0.15, 0.2) is 6.20 Å². The Morgan fingerprint density at radius 3 is 3.27 bits per heavy atom. The fraction of sp³-hybridized carbons (Fsp3) is 0.800. The molecule has 2 heterocycles. The third kappa shape index (κ3) is 2.18. The van der Waals surface area contributed by atoms with E-state index in [0.29, 0.717) is 6.61 Å². The second-order valence-electron chi connectivity index (χ2n) is 4.44. The predicted molar refractivity (Wildman–Crippen MR) is 54.2 cm³/mol. The topological polar surface area (TPSA) is 52.0 Å². The summed E-state index contributed by atoms with van der Waals surface area (Å²) in [6.45, 7) is 3.54. The maximum Gasteiger partial charge on any atom is 0.0906 e. The molecule has 1 saturated carbocycles. The largest absolute Gasteiger partial charge is 0.369 e. The van der Waals surface area contributed by atoms with Crippen molar-refractivity contribution >= 4 is 0 Å². The van der Waals surface area contributed by atoms with Gasteiger partial charge in [-0.3, -0.25) is 0 Å². The number of nitrogens with zero attached hydrogens (tertiary/aromatic N) is 3. The first-order chi connectivity index (χ1) is 7.42. The highest BCUT2D eigenvalue weighted by Crippen LogP contribution is 2.27. The Kier molecular flexibility index (Phi) is 2.42. The highest BCUT2D eigenvalue weighted by Gasteiger charge is 2.23. The molecule has 1 aliphatic heterocycles. The van der Waals surface area contributed by atoms with Crippen LogP contribution in [0.4, 0.5) is 0 Å². The van der Waals surface area contributed by atoms with Crippen molar-refractivity contribution in [3.63, 3.8) is 0 Å². The van der Waals surface area contributed by atoms with E-state index in [1.54, 1.807) is 6.20 Å². The smallest absolute Gasteiger partial charge is 0.0906 e. The van der Waals surface area contributed by atoms with Crippen LogP contribution in [0.3, 0.4) is 0 Å². The molecule has 1 atom stereocenters. The van der Waals surface area contributed by atoms with Gasteiger partial charge in [0, 0.05) is 6.54 Å². The lowest BCUT2D eigenvalue weighted by molar-refractivity contribution is 0.00112. The van der Waals surface area contributed by atoms with Gasteiger partial charge in [0.15, 0.2) is 0 Å². The SMILES string of the molecule is c1nnn2c1COC(CNCC1CC1)C2. The van der Waals surface area contributed by atoms with Gasteiger partial charge in [0.05, 0.1) is 31.1 Å². The van der Waals surface area contributed by atoms with Gasteiger partial charge in [-0.2, -0.15) is 0 Å². The van der Waals surface area contributed by atoms with Crippen LogP contribution in [0.2, 0.25) is 0 Å². The lowest BCUT2D eigenvalue weighted by atomic mass is 10.3. The molecular weight excluding hydrogens is 192 g/mol. The van der Waals surface area contributed by atoms with E-state index in [1.807, 2.05) is 4.68 Å². The molecule has 1 aliphatic carbocycles. The standard InChI is InChI=1S/C10H16N4O/c1-2-8(1)3-11-5-10-6-14-9(7-15-10)4-12-13-14/h4,8,10-11H,1-3,5-7H2. The summed E-state index contributed by atoms with van der Waals surface area (Å²) in [5.74, 6) is 0.926. The number of fused-ring (bicyclic) bond motifs is 1. The van der Waals surface area contributed by atoms with Crippen molar-refractivity contribution in [1.29, 1.82) is 0 Å². The minimum atomic E-state index is 0.248. The van der Waals surface area contributed by atoms with Gasteiger partial charge >= 0.3 is 0 Å². The van der Waals surface area contributed by atoms with E-state index in [4.69, 9.17) is 4.74 Å². The van der Waals surface area contributed by atoms with E-state index >= 15 is 0 Å². The molecule has 0 amide bonds. The van der Waals surface area contributed by atoms with Crippen molar-refractivity contribution in [1.82, 2.24) is 20.3 Å². The molecule has 0 spiro atoms. The maximum absolute atomic E-state index is 5.70. The molecular formula is C10H16N4O. The highest BCUT2D eigenvalue weighted by molar-refractivity contribution is 4.94. The molecule has 5 nitrogen and oxygen atoms in total. The molecule has 1 aromatic rings. The molecule has 15 heavy (non-hydrogen) atoms. The van der Waals surface area contributed by atoms with E-state index < -0.39 is 0 Å². The summed E-state index contributed by atoms with van der Waals surface area (Å²) in [5, 5.41) is 11.3. The molecule has 0 radical (unpaired) electrons. The molecule has 3 rings (SSSR count). The van der Waals surface area contributed by atoms with Gasteiger partial charge in [-0.05, 0) is 25.3 Å². The lowest BCUT2D eigenvalue weighted by Gasteiger charge is -2.23. The fourth-order valence-electron chi connectivity index (χ4n) is 1.89. The molecule has 1 aromatic heterocycles. The average molecular weight is 208 g/mol. The van der Waals surface area contributed by atoms with Crippen LogP contribution in [0.1, 0.15) is 18.5 Å². The first-order valence-corrected chi connectivity index (χ1v) is 5.61. The van der Waals surface area contributed by atoms with E-state index in [1.165, 1.54) is 12.8 Å². The Labute approximate surface area is 88.8 Å². The van der Waals surface area contributed by atoms with Gasteiger partial charge in [-0.15, -0.1) is 5.10 Å². The Morgan fingerprint density at radius 1 is 1.47 bits per heavy atom. The van der Waals surface area contributed by atoms with E-state index in [2.05, 4.69) is 15.6 Å². The predicted octanol–water partition coefficient (Wildman–Crippen LogP) is 0.176. The van der Waals surface area contributed by atoms with Crippen molar-refractivity contribution in [2.75, 3.05) is 13.1 Å². The van der Waals surface area contributed by atoms with E-state index in [0.717, 1.165) is 31.2 Å². The molecule has 0 aromatic carbocycles. The van der Waals surface area contributed by atoms with E-state index in [-0.39, 0.29) is 6.10 Å². The first-order valence-electron chi connectivity index (χ1n) is 5.61. The molecule has 0 saturated heterocycles. The van der Waals surface area contributed by atoms with Gasteiger partial charge in [0.1, 0.15) is 0 Å². The third-order valence-electron chi connectivity index (χ3n) is 3.04. The third-order valence-corrected chi connectivity index (χ3v) is 3.04. The maximum atomic E-state index is 5.70. The first kappa shape index (κ1) is 9.30. The zero-order chi connectivity index (χ0) is 10.1. The zero-order valence-electron chi connectivity index (χ0n) is 8.72. The summed E-state index contributed by atoms with van der Waals surface area (Å²) in [4.78, 5) is 0. The fourth-order valence-corrected chi connectivity index (χ4v) is 1.89. The summed E-state index contributed by atoms with van der Waals surface area (Å²) in [5.41, 5.74) is 1.08. The quantitative estimate of drug-likeness (QED) is 0.766. The zero-order valence-corrected chi connectivity index (χ0v) is 8.72. The number of hydrogen-bond donors (Lipinski definition) is 1. The molecule has 0 bridgehead atoms. The average Bonchev–Trinajstić information content (AvgIpc) is 2.95. The Balaban J connectivity index is 1.47. The molecule has 82 valence electrons. The number of nitrogens with one attached hydrogen (secondary N) is 1. The van der Waals surface area contributed by atoms with Gasteiger partial charge in [0.2, 0.25) is 0 Å². The second-order valence-corrected chi connectivity index (χ2v) is 4.44. The minimum Gasteiger partial charge on any atom is -0.369 e. The molecule has 1 unspecified atom stereocenters. The molecule has 1 N–H and O–H groups in total. The normalized spacial score (nSPS) is 25.2. The molecule has 1 fully saturated rings. The van der Waals surface area contributed by atoms with Crippen LogP contribution in [-0.4, -0.2) is 34.2 Å². The Morgan fingerprint density at radius 2 is 2.40 bits per heavy atom. The van der Waals surface area contributed by atoms with Gasteiger partial charge in [0.25, 0.3) is 0 Å². The van der Waals surface area contributed by atoms with Crippen molar-refractivity contribution in [2.24, 2.45) is 5.92 Å². The number of rotatable bonds is 4. The Bertz CT molecular complexity index is 334. The van der Waals surface area contributed by atoms with Crippen LogP contribution >= 0.6 is 0 Å². The van der Waals surface area contributed by atoms with Crippen LogP contribution in [0, 0.1) is 5.92 Å². The summed E-state index contributed by atoms with van der Waals surface area (Å²) in [6, 6.07) is 0. The van der Waals surface area contributed by atoms with Crippen molar-refractivity contribution in [3.8, 4) is 0 Å². The van der Waals surface area contributed by atoms with Gasteiger partial charge in [-0.1, -0.05) is 5.21 Å².